The van der Waals surface area contributed by atoms with Gasteiger partial charge in [-0.25, -0.2) is 0 Å². The van der Waals surface area contributed by atoms with Gasteiger partial charge in [0, 0.05) is 50.0 Å². The van der Waals surface area contributed by atoms with Crippen molar-refractivity contribution in [3.63, 3.8) is 0 Å². The second-order valence-electron chi connectivity index (χ2n) is 6.81. The van der Waals surface area contributed by atoms with E-state index in [9.17, 15) is 18.0 Å². The SMILES string of the molecule is CN1Cc2c(cc(N3CCNC4(CC4)C3)cc2C(F)(F)F)C1=O. The number of amides is 1. The molecular weight excluding hydrogens is 307 g/mol. The maximum Gasteiger partial charge on any atom is 0.416 e. The van der Waals surface area contributed by atoms with E-state index in [-0.39, 0.29) is 29.1 Å². The van der Waals surface area contributed by atoms with Crippen LogP contribution in [0.4, 0.5) is 18.9 Å². The zero-order chi connectivity index (χ0) is 16.4. The molecule has 1 amide bonds. The minimum absolute atomic E-state index is 0.0226. The Morgan fingerprint density at radius 3 is 2.65 bits per heavy atom. The molecule has 3 aliphatic rings. The van der Waals surface area contributed by atoms with Gasteiger partial charge < -0.3 is 15.1 Å². The Kier molecular flexibility index (Phi) is 2.98. The van der Waals surface area contributed by atoms with Crippen LogP contribution in [0.15, 0.2) is 12.1 Å². The van der Waals surface area contributed by atoms with Gasteiger partial charge in [0.15, 0.2) is 0 Å². The number of nitrogens with one attached hydrogen (secondary N) is 1. The van der Waals surface area contributed by atoms with E-state index >= 15 is 0 Å². The quantitative estimate of drug-likeness (QED) is 0.860. The lowest BCUT2D eigenvalue weighted by Crippen LogP contribution is -2.52. The zero-order valence-corrected chi connectivity index (χ0v) is 12.8. The summed E-state index contributed by atoms with van der Waals surface area (Å²) in [4.78, 5) is 15.5. The first-order valence-electron chi connectivity index (χ1n) is 7.79. The molecule has 0 atom stereocenters. The van der Waals surface area contributed by atoms with E-state index in [1.54, 1.807) is 6.07 Å². The van der Waals surface area contributed by atoms with E-state index in [2.05, 4.69) is 5.32 Å². The van der Waals surface area contributed by atoms with Crippen LogP contribution < -0.4 is 10.2 Å². The summed E-state index contributed by atoms with van der Waals surface area (Å²) < 4.78 is 40.3. The van der Waals surface area contributed by atoms with Crippen molar-refractivity contribution >= 4 is 11.6 Å². The summed E-state index contributed by atoms with van der Waals surface area (Å²) in [5.74, 6) is -0.330. The molecule has 1 saturated carbocycles. The van der Waals surface area contributed by atoms with Crippen molar-refractivity contribution < 1.29 is 18.0 Å². The molecule has 124 valence electrons. The molecule has 2 fully saturated rings. The Hall–Kier alpha value is -1.76. The van der Waals surface area contributed by atoms with E-state index in [4.69, 9.17) is 0 Å². The maximum absolute atomic E-state index is 13.4. The van der Waals surface area contributed by atoms with Crippen LogP contribution in [0.2, 0.25) is 0 Å². The normalized spacial score (nSPS) is 22.7. The highest BCUT2D eigenvalue weighted by Crippen LogP contribution is 2.42. The fraction of sp³-hybridized carbons (Fsp3) is 0.562. The summed E-state index contributed by atoms with van der Waals surface area (Å²) in [6.07, 6.45) is -2.33. The molecule has 1 aromatic rings. The molecule has 7 heteroatoms. The number of halogens is 3. The second kappa shape index (κ2) is 4.63. The van der Waals surface area contributed by atoms with Gasteiger partial charge in [0.1, 0.15) is 0 Å². The number of rotatable bonds is 1. The standard InChI is InChI=1S/C16H18F3N3O/c1-21-8-12-11(14(21)23)6-10(7-13(12)16(17,18)19)22-5-4-20-15(9-22)2-3-15/h6-7,20H,2-5,8-9H2,1H3. The van der Waals surface area contributed by atoms with Crippen LogP contribution in [0.5, 0.6) is 0 Å². The number of anilines is 1. The molecule has 1 spiro atoms. The van der Waals surface area contributed by atoms with Crippen molar-refractivity contribution in [3.8, 4) is 0 Å². The summed E-state index contributed by atoms with van der Waals surface area (Å²) in [5.41, 5.74) is 0.195. The van der Waals surface area contributed by atoms with Crippen LogP contribution in [0.3, 0.4) is 0 Å². The molecule has 1 saturated heterocycles. The minimum atomic E-state index is -4.45. The predicted octanol–water partition coefficient (Wildman–Crippen LogP) is 2.23. The van der Waals surface area contributed by atoms with Crippen molar-refractivity contribution in [1.29, 1.82) is 0 Å². The molecule has 23 heavy (non-hydrogen) atoms. The summed E-state index contributed by atoms with van der Waals surface area (Å²) in [5, 5.41) is 3.44. The fourth-order valence-corrected chi connectivity index (χ4v) is 3.63. The first-order chi connectivity index (χ1) is 10.8. The van der Waals surface area contributed by atoms with Gasteiger partial charge in [-0.1, -0.05) is 0 Å². The van der Waals surface area contributed by atoms with E-state index in [1.807, 2.05) is 4.90 Å². The van der Waals surface area contributed by atoms with Gasteiger partial charge in [0.25, 0.3) is 5.91 Å². The molecule has 1 aromatic carbocycles. The first-order valence-corrected chi connectivity index (χ1v) is 7.79. The van der Waals surface area contributed by atoms with Crippen molar-refractivity contribution in [3.05, 3.63) is 28.8 Å². The second-order valence-corrected chi connectivity index (χ2v) is 6.81. The number of alkyl halides is 3. The van der Waals surface area contributed by atoms with Gasteiger partial charge in [0.05, 0.1) is 5.56 Å². The van der Waals surface area contributed by atoms with Crippen molar-refractivity contribution in [1.82, 2.24) is 10.2 Å². The van der Waals surface area contributed by atoms with Crippen LogP contribution in [-0.4, -0.2) is 43.0 Å². The predicted molar refractivity (Wildman–Crippen MR) is 79.4 cm³/mol. The van der Waals surface area contributed by atoms with Gasteiger partial charge in [-0.05, 0) is 30.5 Å². The Morgan fingerprint density at radius 1 is 1.26 bits per heavy atom. The Morgan fingerprint density at radius 2 is 2.00 bits per heavy atom. The first kappa shape index (κ1) is 14.8. The molecule has 2 heterocycles. The highest BCUT2D eigenvalue weighted by atomic mass is 19.4. The molecule has 0 bridgehead atoms. The monoisotopic (exact) mass is 325 g/mol. The minimum Gasteiger partial charge on any atom is -0.368 e. The van der Waals surface area contributed by atoms with Crippen LogP contribution in [0, 0.1) is 0 Å². The average molecular weight is 325 g/mol. The van der Waals surface area contributed by atoms with Crippen molar-refractivity contribution in [2.75, 3.05) is 31.6 Å². The number of hydrogen-bond acceptors (Lipinski definition) is 3. The zero-order valence-electron chi connectivity index (χ0n) is 12.8. The van der Waals surface area contributed by atoms with Crippen LogP contribution >= 0.6 is 0 Å². The van der Waals surface area contributed by atoms with Gasteiger partial charge in [-0.3, -0.25) is 4.79 Å². The van der Waals surface area contributed by atoms with E-state index in [1.165, 1.54) is 18.0 Å². The van der Waals surface area contributed by atoms with Crippen LogP contribution in [0.25, 0.3) is 0 Å². The van der Waals surface area contributed by atoms with E-state index in [0.717, 1.165) is 19.4 Å². The lowest BCUT2D eigenvalue weighted by atomic mass is 10.00. The number of carbonyl (C=O) groups is 1. The van der Waals surface area contributed by atoms with Crippen molar-refractivity contribution in [2.24, 2.45) is 0 Å². The summed E-state index contributed by atoms with van der Waals surface area (Å²) in [6.45, 7) is 2.13. The molecule has 0 aromatic heterocycles. The smallest absolute Gasteiger partial charge is 0.368 e. The number of hydrogen-bond donors (Lipinski definition) is 1. The van der Waals surface area contributed by atoms with Crippen LogP contribution in [-0.2, 0) is 12.7 Å². The van der Waals surface area contributed by atoms with E-state index in [0.29, 0.717) is 18.8 Å². The van der Waals surface area contributed by atoms with Gasteiger partial charge in [0.2, 0.25) is 0 Å². The van der Waals surface area contributed by atoms with Gasteiger partial charge in [-0.2, -0.15) is 13.2 Å². The topological polar surface area (TPSA) is 35.6 Å². The van der Waals surface area contributed by atoms with Crippen molar-refractivity contribution in [2.45, 2.75) is 31.1 Å². The van der Waals surface area contributed by atoms with E-state index < -0.39 is 11.7 Å². The number of fused-ring (bicyclic) bond motifs is 1. The third kappa shape index (κ3) is 2.38. The number of carbonyl (C=O) groups excluding carboxylic acids is 1. The molecule has 4 nitrogen and oxygen atoms in total. The molecule has 0 radical (unpaired) electrons. The molecule has 4 rings (SSSR count). The third-order valence-corrected chi connectivity index (χ3v) is 5.11. The largest absolute Gasteiger partial charge is 0.416 e. The summed E-state index contributed by atoms with van der Waals surface area (Å²) >= 11 is 0. The van der Waals surface area contributed by atoms with Crippen LogP contribution in [0.1, 0.15) is 34.3 Å². The average Bonchev–Trinajstić information content (AvgIpc) is 3.16. The summed E-state index contributed by atoms with van der Waals surface area (Å²) in [7, 11) is 1.53. The van der Waals surface area contributed by atoms with Gasteiger partial charge >= 0.3 is 6.18 Å². The molecule has 1 aliphatic carbocycles. The third-order valence-electron chi connectivity index (χ3n) is 5.11. The lowest BCUT2D eigenvalue weighted by Gasteiger charge is -2.36. The molecule has 0 unspecified atom stereocenters. The highest BCUT2D eigenvalue weighted by molar-refractivity contribution is 5.99. The maximum atomic E-state index is 13.4. The number of piperazine rings is 1. The number of nitrogens with zero attached hydrogens (tertiary/aromatic N) is 2. The molecule has 2 aliphatic heterocycles. The Labute approximate surface area is 132 Å². The Bertz CT molecular complexity index is 682. The summed E-state index contributed by atoms with van der Waals surface area (Å²) in [6, 6.07) is 2.85. The fourth-order valence-electron chi connectivity index (χ4n) is 3.63. The van der Waals surface area contributed by atoms with Gasteiger partial charge in [-0.15, -0.1) is 0 Å². The molecular formula is C16H18F3N3O. The highest BCUT2D eigenvalue weighted by Gasteiger charge is 2.46. The number of benzene rings is 1. The lowest BCUT2D eigenvalue weighted by molar-refractivity contribution is -0.138. The molecule has 1 N–H and O–H groups in total. The Balaban J connectivity index is 1.78.